The molecule has 0 saturated heterocycles. The number of ketones is 1. The van der Waals surface area contributed by atoms with Crippen LogP contribution in [0.25, 0.3) is 0 Å². The Balaban J connectivity index is 3.07. The van der Waals surface area contributed by atoms with Crippen molar-refractivity contribution in [1.82, 2.24) is 4.90 Å². The van der Waals surface area contributed by atoms with Gasteiger partial charge in [-0.15, -0.1) is 0 Å². The van der Waals surface area contributed by atoms with Crippen LogP contribution in [0.4, 0.5) is 5.69 Å². The maximum Gasteiger partial charge on any atom is 0.177 e. The van der Waals surface area contributed by atoms with Crippen LogP contribution in [-0.4, -0.2) is 30.3 Å². The molecule has 0 saturated carbocycles. The van der Waals surface area contributed by atoms with E-state index in [1.54, 1.807) is 0 Å². The Morgan fingerprint density at radius 3 is 2.22 bits per heavy atom. The highest BCUT2D eigenvalue weighted by atomic mass is 16.1. The predicted octanol–water partition coefficient (Wildman–Crippen LogP) is 2.72. The van der Waals surface area contributed by atoms with Gasteiger partial charge in [-0.05, 0) is 56.6 Å². The normalized spacial score (nSPS) is 11.0. The summed E-state index contributed by atoms with van der Waals surface area (Å²) >= 11 is 0. The van der Waals surface area contributed by atoms with Crippen molar-refractivity contribution in [2.75, 3.05) is 25.4 Å². The molecule has 0 heterocycles. The lowest BCUT2D eigenvalue weighted by atomic mass is 9.95. The van der Waals surface area contributed by atoms with Crippen LogP contribution in [-0.2, 0) is 0 Å². The molecule has 0 radical (unpaired) electrons. The van der Waals surface area contributed by atoms with Crippen LogP contribution in [0.5, 0.6) is 0 Å². The Bertz CT molecular complexity index is 448. The number of nitrogens with two attached hydrogens (primary N) is 1. The van der Waals surface area contributed by atoms with Crippen LogP contribution in [0.1, 0.15) is 40.9 Å². The highest BCUT2D eigenvalue weighted by molar-refractivity contribution is 6.00. The quantitative estimate of drug-likeness (QED) is 0.644. The minimum atomic E-state index is 0.183. The second-order valence-corrected chi connectivity index (χ2v) is 4.79. The summed E-state index contributed by atoms with van der Waals surface area (Å²) in [6, 6.07) is 1.92. The molecular weight excluding hydrogens is 224 g/mol. The zero-order valence-corrected chi connectivity index (χ0v) is 12.1. The topological polar surface area (TPSA) is 46.3 Å². The van der Waals surface area contributed by atoms with Crippen molar-refractivity contribution >= 4 is 11.5 Å². The molecule has 0 aromatic heterocycles. The van der Waals surface area contributed by atoms with Crippen molar-refractivity contribution in [3.8, 4) is 0 Å². The smallest absolute Gasteiger partial charge is 0.177 e. The van der Waals surface area contributed by atoms with E-state index in [9.17, 15) is 4.79 Å². The van der Waals surface area contributed by atoms with Crippen molar-refractivity contribution in [2.45, 2.75) is 34.6 Å². The van der Waals surface area contributed by atoms with Gasteiger partial charge in [0.2, 0.25) is 0 Å². The van der Waals surface area contributed by atoms with Gasteiger partial charge in [0.15, 0.2) is 5.78 Å². The third-order valence-electron chi connectivity index (χ3n) is 3.72. The third kappa shape index (κ3) is 2.91. The lowest BCUT2D eigenvalue weighted by molar-refractivity contribution is 0.0936. The maximum absolute atomic E-state index is 12.3. The molecule has 1 aromatic rings. The average molecular weight is 248 g/mol. The van der Waals surface area contributed by atoms with Crippen LogP contribution < -0.4 is 5.73 Å². The minimum absolute atomic E-state index is 0.183. The maximum atomic E-state index is 12.3. The fourth-order valence-corrected chi connectivity index (χ4v) is 2.13. The summed E-state index contributed by atoms with van der Waals surface area (Å²) in [6.45, 7) is 12.3. The van der Waals surface area contributed by atoms with Crippen LogP contribution in [0.15, 0.2) is 6.07 Å². The first-order valence-electron chi connectivity index (χ1n) is 6.54. The zero-order chi connectivity index (χ0) is 13.9. The lowest BCUT2D eigenvalue weighted by Crippen LogP contribution is -2.30. The molecule has 18 heavy (non-hydrogen) atoms. The molecule has 0 aliphatic rings. The van der Waals surface area contributed by atoms with Gasteiger partial charge >= 0.3 is 0 Å². The molecule has 3 nitrogen and oxygen atoms in total. The highest BCUT2D eigenvalue weighted by Crippen LogP contribution is 2.24. The van der Waals surface area contributed by atoms with Gasteiger partial charge in [-0.3, -0.25) is 9.69 Å². The molecule has 100 valence electrons. The molecule has 1 aromatic carbocycles. The van der Waals surface area contributed by atoms with Gasteiger partial charge in [-0.2, -0.15) is 0 Å². The molecule has 3 heteroatoms. The Morgan fingerprint density at radius 1 is 1.17 bits per heavy atom. The molecule has 0 bridgehead atoms. The van der Waals surface area contributed by atoms with Gasteiger partial charge in [0, 0.05) is 11.3 Å². The van der Waals surface area contributed by atoms with Crippen LogP contribution in [0.3, 0.4) is 0 Å². The molecule has 0 unspecified atom stereocenters. The molecule has 0 spiro atoms. The predicted molar refractivity (Wildman–Crippen MR) is 77.2 cm³/mol. The minimum Gasteiger partial charge on any atom is -0.398 e. The first kappa shape index (κ1) is 14.7. The summed E-state index contributed by atoms with van der Waals surface area (Å²) in [5.74, 6) is 0.183. The van der Waals surface area contributed by atoms with E-state index >= 15 is 0 Å². The molecule has 2 N–H and O–H groups in total. The number of carbonyl (C=O) groups is 1. The van der Waals surface area contributed by atoms with Gasteiger partial charge in [-0.25, -0.2) is 0 Å². The third-order valence-corrected chi connectivity index (χ3v) is 3.72. The van der Waals surface area contributed by atoms with Crippen molar-refractivity contribution in [2.24, 2.45) is 0 Å². The first-order valence-corrected chi connectivity index (χ1v) is 6.54. The van der Waals surface area contributed by atoms with E-state index in [-0.39, 0.29) is 5.78 Å². The summed E-state index contributed by atoms with van der Waals surface area (Å²) in [5.41, 5.74) is 10.6. The van der Waals surface area contributed by atoms with Crippen LogP contribution in [0, 0.1) is 20.8 Å². The number of aryl methyl sites for hydroxylation is 1. The number of benzene rings is 1. The second-order valence-electron chi connectivity index (χ2n) is 4.79. The fourth-order valence-electron chi connectivity index (χ4n) is 2.13. The molecular formula is C15H24N2O. The summed E-state index contributed by atoms with van der Waals surface area (Å²) in [4.78, 5) is 14.5. The van der Waals surface area contributed by atoms with Gasteiger partial charge in [0.1, 0.15) is 0 Å². The number of anilines is 1. The number of Topliss-reactive ketones (excluding diaryl/α,β-unsaturated/α-hetero) is 1. The summed E-state index contributed by atoms with van der Waals surface area (Å²) < 4.78 is 0. The molecule has 0 amide bonds. The molecule has 0 fully saturated rings. The second kappa shape index (κ2) is 6.01. The summed E-state index contributed by atoms with van der Waals surface area (Å²) in [6.07, 6.45) is 0. The zero-order valence-electron chi connectivity index (χ0n) is 12.1. The molecule has 0 atom stereocenters. The van der Waals surface area contributed by atoms with Crippen LogP contribution >= 0.6 is 0 Å². The number of carbonyl (C=O) groups excluding carboxylic acids is 1. The van der Waals surface area contributed by atoms with E-state index in [1.807, 2.05) is 26.8 Å². The summed E-state index contributed by atoms with van der Waals surface area (Å²) in [5, 5.41) is 0. The lowest BCUT2D eigenvalue weighted by Gasteiger charge is -2.19. The van der Waals surface area contributed by atoms with Gasteiger partial charge in [-0.1, -0.05) is 13.8 Å². The SMILES string of the molecule is CCN(CC)CC(=O)c1cc(C)c(N)c(C)c1C. The van der Waals surface area contributed by atoms with Crippen molar-refractivity contribution in [1.29, 1.82) is 0 Å². The van der Waals surface area contributed by atoms with Crippen molar-refractivity contribution in [3.63, 3.8) is 0 Å². The van der Waals surface area contributed by atoms with Crippen LogP contribution in [0.2, 0.25) is 0 Å². The van der Waals surface area contributed by atoms with Gasteiger partial charge < -0.3 is 5.73 Å². The largest absolute Gasteiger partial charge is 0.398 e. The number of hydrogen-bond donors (Lipinski definition) is 1. The number of hydrogen-bond acceptors (Lipinski definition) is 3. The number of rotatable bonds is 5. The van der Waals surface area contributed by atoms with E-state index in [0.717, 1.165) is 41.0 Å². The Labute approximate surface area is 110 Å². The first-order chi connectivity index (χ1) is 8.42. The number of nitrogen functional groups attached to an aromatic ring is 1. The fraction of sp³-hybridized carbons (Fsp3) is 0.533. The number of nitrogens with zero attached hydrogens (tertiary/aromatic N) is 1. The monoisotopic (exact) mass is 248 g/mol. The van der Waals surface area contributed by atoms with Crippen molar-refractivity contribution < 1.29 is 4.79 Å². The highest BCUT2D eigenvalue weighted by Gasteiger charge is 2.15. The standard InChI is InChI=1S/C15H24N2O/c1-6-17(7-2)9-14(18)13-8-10(3)15(16)12(5)11(13)4/h8H,6-7,9,16H2,1-5H3. The van der Waals surface area contributed by atoms with Gasteiger partial charge in [0.05, 0.1) is 6.54 Å². The van der Waals surface area contributed by atoms with Gasteiger partial charge in [0.25, 0.3) is 0 Å². The van der Waals surface area contributed by atoms with E-state index in [1.165, 1.54) is 0 Å². The van der Waals surface area contributed by atoms with E-state index < -0.39 is 0 Å². The van der Waals surface area contributed by atoms with E-state index in [0.29, 0.717) is 6.54 Å². The Kier molecular flexibility index (Phi) is 4.91. The van der Waals surface area contributed by atoms with Crippen molar-refractivity contribution in [3.05, 3.63) is 28.3 Å². The number of likely N-dealkylation sites (N-methyl/N-ethyl adjacent to an activating group) is 1. The van der Waals surface area contributed by atoms with E-state index in [4.69, 9.17) is 5.73 Å². The Hall–Kier alpha value is -1.35. The molecule has 1 rings (SSSR count). The molecule has 0 aliphatic heterocycles. The Morgan fingerprint density at radius 2 is 1.72 bits per heavy atom. The molecule has 0 aliphatic carbocycles. The van der Waals surface area contributed by atoms with E-state index in [2.05, 4.69) is 18.7 Å². The summed E-state index contributed by atoms with van der Waals surface area (Å²) in [7, 11) is 0. The average Bonchev–Trinajstić information content (AvgIpc) is 2.37.